The van der Waals surface area contributed by atoms with E-state index >= 15 is 0 Å². The molecule has 0 radical (unpaired) electrons. The van der Waals surface area contributed by atoms with Gasteiger partial charge in [-0.15, -0.1) is 5.10 Å². The fourth-order valence-electron chi connectivity index (χ4n) is 2.34. The molecule has 140 valence electrons. The van der Waals surface area contributed by atoms with Crippen molar-refractivity contribution in [2.24, 2.45) is 0 Å². The van der Waals surface area contributed by atoms with Crippen molar-refractivity contribution < 1.29 is 33.0 Å². The van der Waals surface area contributed by atoms with E-state index in [4.69, 9.17) is 0 Å². The van der Waals surface area contributed by atoms with E-state index in [2.05, 4.69) is 9.59 Å². The SMILES string of the molecule is O=[N+]([O-])c1cc(-c2nnsc2-c2c[n+]([O-])ccc2C(F)(F)F)cc(O)c1O. The number of rotatable bonds is 3. The smallest absolute Gasteiger partial charge is 0.417 e. The van der Waals surface area contributed by atoms with Crippen LogP contribution in [-0.2, 0) is 6.18 Å². The van der Waals surface area contributed by atoms with E-state index in [0.717, 1.165) is 12.1 Å². The van der Waals surface area contributed by atoms with Crippen molar-refractivity contribution in [3.05, 3.63) is 51.5 Å². The molecule has 0 saturated carbocycles. The molecular formula is C14H7F3N4O5S. The number of alkyl halides is 3. The van der Waals surface area contributed by atoms with Crippen molar-refractivity contribution >= 4 is 17.2 Å². The van der Waals surface area contributed by atoms with Gasteiger partial charge in [0.25, 0.3) is 0 Å². The molecular weight excluding hydrogens is 393 g/mol. The molecule has 1 aromatic carbocycles. The Morgan fingerprint density at radius 1 is 1.26 bits per heavy atom. The van der Waals surface area contributed by atoms with Gasteiger partial charge in [-0.05, 0) is 17.6 Å². The summed E-state index contributed by atoms with van der Waals surface area (Å²) in [6.07, 6.45) is -3.43. The highest BCUT2D eigenvalue weighted by Gasteiger charge is 2.37. The third-order valence-electron chi connectivity index (χ3n) is 3.51. The van der Waals surface area contributed by atoms with Crippen LogP contribution in [0.25, 0.3) is 21.7 Å². The number of nitro groups is 1. The first-order chi connectivity index (χ1) is 12.6. The Bertz CT molecular complexity index is 1050. The van der Waals surface area contributed by atoms with Gasteiger partial charge in [0.2, 0.25) is 5.75 Å². The van der Waals surface area contributed by atoms with Gasteiger partial charge in [0.1, 0.15) is 5.69 Å². The number of pyridine rings is 1. The fourth-order valence-corrected chi connectivity index (χ4v) is 3.05. The normalized spacial score (nSPS) is 11.5. The molecule has 0 atom stereocenters. The van der Waals surface area contributed by atoms with Crippen LogP contribution in [0.2, 0.25) is 0 Å². The molecule has 13 heteroatoms. The van der Waals surface area contributed by atoms with Crippen LogP contribution in [-0.4, -0.2) is 24.7 Å². The molecule has 9 nitrogen and oxygen atoms in total. The molecule has 2 aromatic heterocycles. The molecule has 3 rings (SSSR count). The number of phenolic OH excluding ortho intramolecular Hbond substituents is 2. The number of nitro benzene ring substituents is 1. The van der Waals surface area contributed by atoms with Crippen LogP contribution in [0, 0.1) is 15.3 Å². The van der Waals surface area contributed by atoms with Gasteiger partial charge in [-0.2, -0.15) is 17.9 Å². The Morgan fingerprint density at radius 2 is 1.96 bits per heavy atom. The standard InChI is InChI=1S/C14H7F3N4O5S/c15-14(16,17)8-1-2-20(24)5-7(8)13-11(18-19-27-13)6-3-9(21(25)26)12(23)10(22)4-6/h1-5,22-23H. The van der Waals surface area contributed by atoms with Gasteiger partial charge in [0.05, 0.1) is 20.9 Å². The van der Waals surface area contributed by atoms with Crippen LogP contribution in [0.1, 0.15) is 5.56 Å². The molecule has 27 heavy (non-hydrogen) atoms. The summed E-state index contributed by atoms with van der Waals surface area (Å²) in [4.78, 5) is 9.82. The molecule has 2 N–H and O–H groups in total. The van der Waals surface area contributed by atoms with Crippen molar-refractivity contribution in [3.8, 4) is 33.2 Å². The molecule has 0 aliphatic carbocycles. The minimum atomic E-state index is -4.78. The lowest BCUT2D eigenvalue weighted by atomic mass is 10.0. The molecule has 0 aliphatic rings. The molecule has 0 unspecified atom stereocenters. The van der Waals surface area contributed by atoms with Gasteiger partial charge in [0.15, 0.2) is 18.1 Å². The van der Waals surface area contributed by atoms with E-state index < -0.39 is 39.4 Å². The summed E-state index contributed by atoms with van der Waals surface area (Å²) in [5.41, 5.74) is -2.91. The Hall–Kier alpha value is -3.48. The van der Waals surface area contributed by atoms with Crippen LogP contribution in [0.5, 0.6) is 11.5 Å². The first-order valence-electron chi connectivity index (χ1n) is 6.93. The van der Waals surface area contributed by atoms with Crippen molar-refractivity contribution in [2.45, 2.75) is 6.18 Å². The van der Waals surface area contributed by atoms with E-state index in [-0.39, 0.29) is 20.9 Å². The second kappa shape index (κ2) is 6.35. The Labute approximate surface area is 151 Å². The van der Waals surface area contributed by atoms with Crippen molar-refractivity contribution in [1.82, 2.24) is 9.59 Å². The summed E-state index contributed by atoms with van der Waals surface area (Å²) in [6, 6.07) is 2.31. The highest BCUT2D eigenvalue weighted by atomic mass is 32.1. The number of hydrogen-bond donors (Lipinski definition) is 2. The van der Waals surface area contributed by atoms with Crippen LogP contribution in [0.4, 0.5) is 18.9 Å². The number of benzene rings is 1. The Kier molecular flexibility index (Phi) is 4.31. The maximum Gasteiger partial charge on any atom is 0.417 e. The number of phenols is 2. The largest absolute Gasteiger partial charge is 0.619 e. The minimum absolute atomic E-state index is 0.157. The van der Waals surface area contributed by atoms with Gasteiger partial charge in [-0.3, -0.25) is 10.1 Å². The highest BCUT2D eigenvalue weighted by molar-refractivity contribution is 7.09. The number of hydrogen-bond acceptors (Lipinski definition) is 8. The molecule has 0 aliphatic heterocycles. The van der Waals surface area contributed by atoms with E-state index in [1.807, 2.05) is 0 Å². The van der Waals surface area contributed by atoms with E-state index in [9.17, 15) is 38.7 Å². The summed E-state index contributed by atoms with van der Waals surface area (Å²) < 4.78 is 43.6. The first-order valence-corrected chi connectivity index (χ1v) is 7.70. The topological polar surface area (TPSA) is 136 Å². The number of nitrogens with zero attached hydrogens (tertiary/aromatic N) is 4. The predicted molar refractivity (Wildman–Crippen MR) is 84.7 cm³/mol. The van der Waals surface area contributed by atoms with Crippen molar-refractivity contribution in [3.63, 3.8) is 0 Å². The predicted octanol–water partition coefficient (Wildman–Crippen LogP) is 2.84. The lowest BCUT2D eigenvalue weighted by molar-refractivity contribution is -0.605. The first kappa shape index (κ1) is 18.3. The van der Waals surface area contributed by atoms with Gasteiger partial charge in [0, 0.05) is 17.7 Å². The summed E-state index contributed by atoms with van der Waals surface area (Å²) in [7, 11) is 0. The van der Waals surface area contributed by atoms with Crippen molar-refractivity contribution in [1.29, 1.82) is 0 Å². The Balaban J connectivity index is 2.26. The average Bonchev–Trinajstić information content (AvgIpc) is 3.05. The third-order valence-corrected chi connectivity index (χ3v) is 4.27. The quantitative estimate of drug-likeness (QED) is 0.227. The van der Waals surface area contributed by atoms with Crippen LogP contribution in [0.3, 0.4) is 0 Å². The Morgan fingerprint density at radius 3 is 2.59 bits per heavy atom. The second-order valence-corrected chi connectivity index (χ2v) is 5.95. The molecule has 0 saturated heterocycles. The average molecular weight is 400 g/mol. The van der Waals surface area contributed by atoms with E-state index in [1.54, 1.807) is 0 Å². The second-order valence-electron chi connectivity index (χ2n) is 5.20. The monoisotopic (exact) mass is 400 g/mol. The third kappa shape index (κ3) is 3.31. The summed E-state index contributed by atoms with van der Waals surface area (Å²) in [5, 5.41) is 45.4. The summed E-state index contributed by atoms with van der Waals surface area (Å²) >= 11 is 0.533. The summed E-state index contributed by atoms with van der Waals surface area (Å²) in [6.45, 7) is 0. The molecule has 0 fully saturated rings. The zero-order valence-corrected chi connectivity index (χ0v) is 13.7. The van der Waals surface area contributed by atoms with E-state index in [0.29, 0.717) is 30.0 Å². The van der Waals surface area contributed by atoms with Crippen LogP contribution in [0.15, 0.2) is 30.6 Å². The van der Waals surface area contributed by atoms with Gasteiger partial charge >= 0.3 is 11.9 Å². The van der Waals surface area contributed by atoms with Crippen molar-refractivity contribution in [2.75, 3.05) is 0 Å². The van der Waals surface area contributed by atoms with Crippen LogP contribution < -0.4 is 4.73 Å². The number of halogens is 3. The molecule has 3 aromatic rings. The van der Waals surface area contributed by atoms with Crippen LogP contribution >= 0.6 is 11.5 Å². The highest BCUT2D eigenvalue weighted by Crippen LogP contribution is 2.44. The molecule has 0 amide bonds. The summed E-state index contributed by atoms with van der Waals surface area (Å²) in [5.74, 6) is -1.86. The lowest BCUT2D eigenvalue weighted by Crippen LogP contribution is -2.26. The molecule has 2 heterocycles. The number of aromatic nitrogens is 3. The van der Waals surface area contributed by atoms with Gasteiger partial charge in [-0.25, -0.2) is 0 Å². The maximum absolute atomic E-state index is 13.3. The minimum Gasteiger partial charge on any atom is -0.619 e. The lowest BCUT2D eigenvalue weighted by Gasteiger charge is -2.11. The van der Waals surface area contributed by atoms with Gasteiger partial charge in [-0.1, -0.05) is 4.49 Å². The number of aromatic hydroxyl groups is 2. The fraction of sp³-hybridized carbons (Fsp3) is 0.0714. The van der Waals surface area contributed by atoms with E-state index in [1.165, 1.54) is 0 Å². The zero-order valence-electron chi connectivity index (χ0n) is 12.8. The zero-order chi connectivity index (χ0) is 19.9. The molecule has 0 bridgehead atoms. The maximum atomic E-state index is 13.3. The molecule has 0 spiro atoms. The van der Waals surface area contributed by atoms with Gasteiger partial charge < -0.3 is 15.4 Å².